The number of nitrogen functional groups attached to an aromatic ring is 1. The third-order valence-corrected chi connectivity index (χ3v) is 2.61. The summed E-state index contributed by atoms with van der Waals surface area (Å²) >= 11 is 0. The molecule has 1 heterocycles. The third-order valence-electron chi connectivity index (χ3n) is 2.61. The van der Waals surface area contributed by atoms with E-state index in [1.807, 2.05) is 13.0 Å². The van der Waals surface area contributed by atoms with Crippen LogP contribution < -0.4 is 5.73 Å². The fourth-order valence-corrected chi connectivity index (χ4v) is 1.62. The van der Waals surface area contributed by atoms with Gasteiger partial charge in [-0.1, -0.05) is 12.1 Å². The zero-order valence-electron chi connectivity index (χ0n) is 9.70. The van der Waals surface area contributed by atoms with E-state index in [0.717, 1.165) is 17.2 Å². The van der Waals surface area contributed by atoms with Crippen LogP contribution in [0.15, 0.2) is 30.5 Å². The second-order valence-electron chi connectivity index (χ2n) is 4.09. The Morgan fingerprint density at radius 1 is 1.28 bits per heavy atom. The molecule has 0 amide bonds. The van der Waals surface area contributed by atoms with Crippen LogP contribution >= 0.6 is 0 Å². The van der Waals surface area contributed by atoms with Gasteiger partial charge in [-0.2, -0.15) is 18.3 Å². The Morgan fingerprint density at radius 2 is 2.00 bits per heavy atom. The average Bonchev–Trinajstić information content (AvgIpc) is 2.72. The van der Waals surface area contributed by atoms with Crippen molar-refractivity contribution < 1.29 is 13.2 Å². The summed E-state index contributed by atoms with van der Waals surface area (Å²) in [7, 11) is 0. The first-order valence-corrected chi connectivity index (χ1v) is 5.32. The minimum atomic E-state index is -4.40. The average molecular weight is 255 g/mol. The molecule has 0 aliphatic carbocycles. The van der Waals surface area contributed by atoms with Crippen LogP contribution in [0.5, 0.6) is 0 Å². The largest absolute Gasteiger partial charge is 0.435 e. The van der Waals surface area contributed by atoms with Crippen molar-refractivity contribution in [2.45, 2.75) is 19.6 Å². The molecule has 0 aliphatic rings. The Hall–Kier alpha value is -1.98. The second-order valence-corrected chi connectivity index (χ2v) is 4.09. The van der Waals surface area contributed by atoms with Gasteiger partial charge in [-0.25, -0.2) is 0 Å². The summed E-state index contributed by atoms with van der Waals surface area (Å²) in [5.41, 5.74) is 7.21. The molecule has 0 fully saturated rings. The van der Waals surface area contributed by atoms with E-state index in [1.165, 1.54) is 10.9 Å². The van der Waals surface area contributed by atoms with Crippen molar-refractivity contribution in [2.75, 3.05) is 5.73 Å². The lowest BCUT2D eigenvalue weighted by atomic mass is 10.1. The molecule has 96 valence electrons. The fraction of sp³-hybridized carbons (Fsp3) is 0.250. The number of hydrogen-bond donors (Lipinski definition) is 1. The lowest BCUT2D eigenvalue weighted by Crippen LogP contribution is -2.08. The smallest absolute Gasteiger partial charge is 0.399 e. The van der Waals surface area contributed by atoms with Crippen LogP contribution in [-0.4, -0.2) is 9.78 Å². The maximum Gasteiger partial charge on any atom is 0.435 e. The van der Waals surface area contributed by atoms with Crippen LogP contribution in [0.2, 0.25) is 0 Å². The van der Waals surface area contributed by atoms with Gasteiger partial charge in [-0.15, -0.1) is 0 Å². The number of aryl methyl sites for hydroxylation is 1. The van der Waals surface area contributed by atoms with Crippen molar-refractivity contribution >= 4 is 5.69 Å². The minimum absolute atomic E-state index is 0.289. The van der Waals surface area contributed by atoms with Gasteiger partial charge >= 0.3 is 6.18 Å². The highest BCUT2D eigenvalue weighted by atomic mass is 19.4. The Morgan fingerprint density at radius 3 is 2.56 bits per heavy atom. The number of hydrogen-bond acceptors (Lipinski definition) is 2. The molecule has 2 rings (SSSR count). The molecule has 6 heteroatoms. The number of nitrogens with zero attached hydrogens (tertiary/aromatic N) is 2. The number of anilines is 1. The highest BCUT2D eigenvalue weighted by molar-refractivity contribution is 5.47. The zero-order valence-corrected chi connectivity index (χ0v) is 9.70. The predicted octanol–water partition coefficient (Wildman–Crippen LogP) is 2.84. The minimum Gasteiger partial charge on any atom is -0.399 e. The van der Waals surface area contributed by atoms with Gasteiger partial charge in [-0.3, -0.25) is 4.68 Å². The van der Waals surface area contributed by atoms with E-state index in [1.54, 1.807) is 12.1 Å². The molecule has 0 unspecified atom stereocenters. The van der Waals surface area contributed by atoms with E-state index in [-0.39, 0.29) is 6.54 Å². The maximum absolute atomic E-state index is 12.4. The van der Waals surface area contributed by atoms with Gasteiger partial charge in [0, 0.05) is 11.9 Å². The normalized spacial score (nSPS) is 11.8. The van der Waals surface area contributed by atoms with Gasteiger partial charge in [0.1, 0.15) is 0 Å². The van der Waals surface area contributed by atoms with Gasteiger partial charge in [0.25, 0.3) is 0 Å². The SMILES string of the molecule is Cc1cc(Cn2ccc(C(F)(F)F)n2)ccc1N. The number of rotatable bonds is 2. The summed E-state index contributed by atoms with van der Waals surface area (Å²) in [6, 6.07) is 6.31. The first kappa shape index (κ1) is 12.5. The van der Waals surface area contributed by atoms with E-state index in [2.05, 4.69) is 5.10 Å². The van der Waals surface area contributed by atoms with E-state index in [4.69, 9.17) is 5.73 Å². The zero-order chi connectivity index (χ0) is 13.3. The molecule has 0 saturated carbocycles. The van der Waals surface area contributed by atoms with E-state index in [9.17, 15) is 13.2 Å². The Kier molecular flexibility index (Phi) is 3.02. The molecule has 2 N–H and O–H groups in total. The fourth-order valence-electron chi connectivity index (χ4n) is 1.62. The third kappa shape index (κ3) is 2.64. The number of alkyl halides is 3. The lowest BCUT2D eigenvalue weighted by Gasteiger charge is -2.06. The van der Waals surface area contributed by atoms with Crippen LogP contribution in [-0.2, 0) is 12.7 Å². The number of halogens is 3. The van der Waals surface area contributed by atoms with E-state index >= 15 is 0 Å². The summed E-state index contributed by atoms with van der Waals surface area (Å²) in [6.07, 6.45) is -3.09. The van der Waals surface area contributed by atoms with Gasteiger partial charge in [0.15, 0.2) is 5.69 Å². The van der Waals surface area contributed by atoms with Gasteiger partial charge in [-0.05, 0) is 30.2 Å². The summed E-state index contributed by atoms with van der Waals surface area (Å²) in [5.74, 6) is 0. The highest BCUT2D eigenvalue weighted by Gasteiger charge is 2.33. The molecular weight excluding hydrogens is 243 g/mol. The van der Waals surface area contributed by atoms with Crippen molar-refractivity contribution in [1.29, 1.82) is 0 Å². The van der Waals surface area contributed by atoms with Gasteiger partial charge < -0.3 is 5.73 Å². The first-order chi connectivity index (χ1) is 8.36. The first-order valence-electron chi connectivity index (χ1n) is 5.32. The molecule has 2 aromatic rings. The van der Waals surface area contributed by atoms with Crippen molar-refractivity contribution in [3.63, 3.8) is 0 Å². The number of nitrogens with two attached hydrogens (primary N) is 1. The molecule has 3 nitrogen and oxygen atoms in total. The molecule has 0 radical (unpaired) electrons. The number of aromatic nitrogens is 2. The summed E-state index contributed by atoms with van der Waals surface area (Å²) in [5, 5.41) is 3.49. The molecular formula is C12H12F3N3. The van der Waals surface area contributed by atoms with Gasteiger partial charge in [0.2, 0.25) is 0 Å². The van der Waals surface area contributed by atoms with E-state index < -0.39 is 11.9 Å². The molecule has 0 aliphatic heterocycles. The lowest BCUT2D eigenvalue weighted by molar-refractivity contribution is -0.141. The molecule has 1 aromatic heterocycles. The Balaban J connectivity index is 2.19. The summed E-state index contributed by atoms with van der Waals surface area (Å²) < 4.78 is 38.4. The van der Waals surface area contributed by atoms with Crippen molar-refractivity contribution in [3.8, 4) is 0 Å². The summed E-state index contributed by atoms with van der Waals surface area (Å²) in [6.45, 7) is 2.14. The Labute approximate surface area is 102 Å². The van der Waals surface area contributed by atoms with Crippen LogP contribution in [0.4, 0.5) is 18.9 Å². The molecule has 0 bridgehead atoms. The van der Waals surface area contributed by atoms with Crippen LogP contribution in [0.3, 0.4) is 0 Å². The summed E-state index contributed by atoms with van der Waals surface area (Å²) in [4.78, 5) is 0. The van der Waals surface area contributed by atoms with Crippen LogP contribution in [0.1, 0.15) is 16.8 Å². The molecule has 0 spiro atoms. The predicted molar refractivity (Wildman–Crippen MR) is 61.9 cm³/mol. The van der Waals surface area contributed by atoms with Crippen molar-refractivity contribution in [1.82, 2.24) is 9.78 Å². The second kappa shape index (κ2) is 4.36. The van der Waals surface area contributed by atoms with E-state index in [0.29, 0.717) is 5.69 Å². The standard InChI is InChI=1S/C12H12F3N3/c1-8-6-9(2-3-10(8)16)7-18-5-4-11(17-18)12(13,14)15/h2-6H,7,16H2,1H3. The molecule has 0 saturated heterocycles. The van der Waals surface area contributed by atoms with Crippen molar-refractivity contribution in [2.24, 2.45) is 0 Å². The van der Waals surface area contributed by atoms with Crippen LogP contribution in [0.25, 0.3) is 0 Å². The molecule has 1 aromatic carbocycles. The quantitative estimate of drug-likeness (QED) is 0.838. The Bertz CT molecular complexity index is 558. The van der Waals surface area contributed by atoms with Gasteiger partial charge in [0.05, 0.1) is 6.54 Å². The molecule has 18 heavy (non-hydrogen) atoms. The maximum atomic E-state index is 12.4. The number of benzene rings is 1. The van der Waals surface area contributed by atoms with Crippen molar-refractivity contribution in [3.05, 3.63) is 47.3 Å². The topological polar surface area (TPSA) is 43.8 Å². The highest BCUT2D eigenvalue weighted by Crippen LogP contribution is 2.27. The molecule has 0 atom stereocenters. The monoisotopic (exact) mass is 255 g/mol. The van der Waals surface area contributed by atoms with Crippen LogP contribution in [0, 0.1) is 6.92 Å².